The zero-order valence-electron chi connectivity index (χ0n) is 9.45. The van der Waals surface area contributed by atoms with Crippen molar-refractivity contribution in [2.45, 2.75) is 64.6 Å². The normalized spacial score (nSPS) is 35.6. The first-order chi connectivity index (χ1) is 6.65. The molecule has 4 atom stereocenters. The lowest BCUT2D eigenvalue weighted by Crippen LogP contribution is -2.36. The molecule has 1 aliphatic rings. The molecule has 0 spiro atoms. The van der Waals surface area contributed by atoms with E-state index in [0.29, 0.717) is 5.92 Å². The fourth-order valence-corrected chi connectivity index (χ4v) is 2.45. The monoisotopic (exact) mass is 200 g/mol. The lowest BCUT2D eigenvalue weighted by atomic mass is 9.77. The third kappa shape index (κ3) is 3.25. The van der Waals surface area contributed by atoms with Crippen molar-refractivity contribution >= 4 is 0 Å². The minimum absolute atomic E-state index is 0.137. The molecule has 0 aliphatic heterocycles. The van der Waals surface area contributed by atoms with Crippen LogP contribution in [0, 0.1) is 11.8 Å². The van der Waals surface area contributed by atoms with E-state index < -0.39 is 0 Å². The summed E-state index contributed by atoms with van der Waals surface area (Å²) in [4.78, 5) is 0. The van der Waals surface area contributed by atoms with E-state index in [0.717, 1.165) is 38.5 Å². The predicted molar refractivity (Wildman–Crippen MR) is 58.0 cm³/mol. The maximum atomic E-state index is 9.90. The van der Waals surface area contributed by atoms with Crippen LogP contribution in [-0.4, -0.2) is 22.4 Å². The number of hydrogen-bond donors (Lipinski definition) is 2. The van der Waals surface area contributed by atoms with Gasteiger partial charge < -0.3 is 10.2 Å². The summed E-state index contributed by atoms with van der Waals surface area (Å²) in [6, 6.07) is 0. The number of hydrogen-bond acceptors (Lipinski definition) is 2. The Kier molecular flexibility index (Phi) is 4.90. The third-order valence-electron chi connectivity index (χ3n) is 3.48. The van der Waals surface area contributed by atoms with Crippen molar-refractivity contribution in [2.24, 2.45) is 11.8 Å². The molecule has 1 aliphatic carbocycles. The van der Waals surface area contributed by atoms with E-state index in [1.54, 1.807) is 0 Å². The molecule has 0 heterocycles. The van der Waals surface area contributed by atoms with Gasteiger partial charge in [0.1, 0.15) is 0 Å². The molecule has 2 heteroatoms. The van der Waals surface area contributed by atoms with Crippen molar-refractivity contribution < 1.29 is 10.2 Å². The Balaban J connectivity index is 2.35. The molecule has 0 radical (unpaired) electrons. The Morgan fingerprint density at radius 3 is 2.64 bits per heavy atom. The van der Waals surface area contributed by atoms with E-state index in [-0.39, 0.29) is 18.1 Å². The van der Waals surface area contributed by atoms with Crippen molar-refractivity contribution in [3.05, 3.63) is 0 Å². The molecule has 2 nitrogen and oxygen atoms in total. The van der Waals surface area contributed by atoms with E-state index >= 15 is 0 Å². The first-order valence-electron chi connectivity index (χ1n) is 6.01. The number of rotatable bonds is 4. The van der Waals surface area contributed by atoms with Crippen LogP contribution in [0.5, 0.6) is 0 Å². The van der Waals surface area contributed by atoms with Crippen LogP contribution < -0.4 is 0 Å². The molecule has 0 aromatic carbocycles. The Hall–Kier alpha value is -0.0800. The van der Waals surface area contributed by atoms with Crippen LogP contribution in [0.25, 0.3) is 0 Å². The molecular formula is C12H24O2. The molecule has 4 unspecified atom stereocenters. The molecule has 1 fully saturated rings. The predicted octanol–water partition coefficient (Wildman–Crippen LogP) is 2.33. The highest BCUT2D eigenvalue weighted by Gasteiger charge is 2.31. The van der Waals surface area contributed by atoms with Gasteiger partial charge in [0.05, 0.1) is 12.2 Å². The van der Waals surface area contributed by atoms with Crippen LogP contribution in [0.4, 0.5) is 0 Å². The van der Waals surface area contributed by atoms with Crippen LogP contribution in [0.1, 0.15) is 52.4 Å². The highest BCUT2D eigenvalue weighted by molar-refractivity contribution is 4.82. The van der Waals surface area contributed by atoms with E-state index in [9.17, 15) is 10.2 Å². The van der Waals surface area contributed by atoms with Crippen molar-refractivity contribution in [1.82, 2.24) is 0 Å². The van der Waals surface area contributed by atoms with Gasteiger partial charge in [-0.25, -0.2) is 0 Å². The van der Waals surface area contributed by atoms with Crippen molar-refractivity contribution in [3.63, 3.8) is 0 Å². The van der Waals surface area contributed by atoms with Crippen LogP contribution in [0.2, 0.25) is 0 Å². The molecule has 14 heavy (non-hydrogen) atoms. The van der Waals surface area contributed by atoms with Gasteiger partial charge in [-0.05, 0) is 25.2 Å². The van der Waals surface area contributed by atoms with Crippen molar-refractivity contribution in [1.29, 1.82) is 0 Å². The fourth-order valence-electron chi connectivity index (χ4n) is 2.45. The summed E-state index contributed by atoms with van der Waals surface area (Å²) < 4.78 is 0. The summed E-state index contributed by atoms with van der Waals surface area (Å²) in [5.74, 6) is 0.761. The van der Waals surface area contributed by atoms with Crippen LogP contribution in [0.15, 0.2) is 0 Å². The van der Waals surface area contributed by atoms with E-state index in [1.807, 2.05) is 0 Å². The third-order valence-corrected chi connectivity index (χ3v) is 3.48. The van der Waals surface area contributed by atoms with E-state index in [1.165, 1.54) is 0 Å². The standard InChI is InChI=1S/C12H24O2/c1-3-4-5-11(13)10-7-6-9(2)8-12(10)14/h9-14H,3-8H2,1-2H3. The van der Waals surface area contributed by atoms with Gasteiger partial charge in [0.15, 0.2) is 0 Å². The minimum Gasteiger partial charge on any atom is -0.393 e. The average molecular weight is 200 g/mol. The first-order valence-corrected chi connectivity index (χ1v) is 6.01. The van der Waals surface area contributed by atoms with Gasteiger partial charge in [-0.3, -0.25) is 0 Å². The van der Waals surface area contributed by atoms with Gasteiger partial charge in [0.2, 0.25) is 0 Å². The van der Waals surface area contributed by atoms with E-state index in [2.05, 4.69) is 13.8 Å². The lowest BCUT2D eigenvalue weighted by Gasteiger charge is -2.34. The topological polar surface area (TPSA) is 40.5 Å². The Morgan fingerprint density at radius 2 is 2.07 bits per heavy atom. The summed E-state index contributed by atoms with van der Waals surface area (Å²) in [6.45, 7) is 4.31. The van der Waals surface area contributed by atoms with E-state index in [4.69, 9.17) is 0 Å². The van der Waals surface area contributed by atoms with Crippen molar-refractivity contribution in [3.8, 4) is 0 Å². The first kappa shape index (κ1) is 12.0. The van der Waals surface area contributed by atoms with Crippen LogP contribution >= 0.6 is 0 Å². The SMILES string of the molecule is CCCCC(O)C1CCC(C)CC1O. The number of aliphatic hydroxyl groups is 2. The molecule has 2 N–H and O–H groups in total. The van der Waals surface area contributed by atoms with Gasteiger partial charge in [-0.1, -0.05) is 33.1 Å². The summed E-state index contributed by atoms with van der Waals surface area (Å²) in [6.07, 6.45) is 5.51. The van der Waals surface area contributed by atoms with Gasteiger partial charge in [-0.15, -0.1) is 0 Å². The molecule has 0 bridgehead atoms. The zero-order valence-corrected chi connectivity index (χ0v) is 9.45. The summed E-state index contributed by atoms with van der Waals surface area (Å²) >= 11 is 0. The highest BCUT2D eigenvalue weighted by Crippen LogP contribution is 2.32. The summed E-state index contributed by atoms with van der Waals surface area (Å²) in [7, 11) is 0. The molecule has 0 aromatic heterocycles. The van der Waals surface area contributed by atoms with Gasteiger partial charge in [0, 0.05) is 5.92 Å². The van der Waals surface area contributed by atoms with Gasteiger partial charge in [-0.2, -0.15) is 0 Å². The second-order valence-corrected chi connectivity index (χ2v) is 4.86. The molecule has 1 saturated carbocycles. The highest BCUT2D eigenvalue weighted by atomic mass is 16.3. The van der Waals surface area contributed by atoms with Gasteiger partial charge >= 0.3 is 0 Å². The largest absolute Gasteiger partial charge is 0.393 e. The van der Waals surface area contributed by atoms with Crippen molar-refractivity contribution in [2.75, 3.05) is 0 Å². The maximum absolute atomic E-state index is 9.90. The quantitative estimate of drug-likeness (QED) is 0.731. The Morgan fingerprint density at radius 1 is 1.36 bits per heavy atom. The van der Waals surface area contributed by atoms with Gasteiger partial charge in [0.25, 0.3) is 0 Å². The molecule has 0 saturated heterocycles. The summed E-state index contributed by atoms with van der Waals surface area (Å²) in [5, 5.41) is 19.8. The molecule has 84 valence electrons. The molecule has 0 aromatic rings. The molecule has 0 amide bonds. The zero-order chi connectivity index (χ0) is 10.6. The number of aliphatic hydroxyl groups excluding tert-OH is 2. The second-order valence-electron chi connectivity index (χ2n) is 4.86. The fraction of sp³-hybridized carbons (Fsp3) is 1.00. The molecular weight excluding hydrogens is 176 g/mol. The smallest absolute Gasteiger partial charge is 0.0595 e. The Bertz CT molecular complexity index is 158. The van der Waals surface area contributed by atoms with Crippen LogP contribution in [-0.2, 0) is 0 Å². The minimum atomic E-state index is -0.280. The maximum Gasteiger partial charge on any atom is 0.0595 e. The molecule has 1 rings (SSSR count). The average Bonchev–Trinajstić information content (AvgIpc) is 2.14. The summed E-state index contributed by atoms with van der Waals surface area (Å²) in [5.41, 5.74) is 0. The van der Waals surface area contributed by atoms with Crippen LogP contribution in [0.3, 0.4) is 0 Å². The second kappa shape index (κ2) is 5.72. The Labute approximate surface area is 87.3 Å². The number of unbranched alkanes of at least 4 members (excludes halogenated alkanes) is 1. The lowest BCUT2D eigenvalue weighted by molar-refractivity contribution is -0.0280.